The van der Waals surface area contributed by atoms with E-state index in [1.807, 2.05) is 25.1 Å². The molecule has 0 bridgehead atoms. The third kappa shape index (κ3) is 5.17. The van der Waals surface area contributed by atoms with Gasteiger partial charge in [-0.1, -0.05) is 25.1 Å². The van der Waals surface area contributed by atoms with Crippen LogP contribution in [0.3, 0.4) is 0 Å². The molecule has 132 valence electrons. The van der Waals surface area contributed by atoms with Gasteiger partial charge in [0.2, 0.25) is 5.91 Å². The summed E-state index contributed by atoms with van der Waals surface area (Å²) in [6.07, 6.45) is 1.59. The Morgan fingerprint density at radius 1 is 1.33 bits per heavy atom. The van der Waals surface area contributed by atoms with Crippen molar-refractivity contribution in [2.24, 2.45) is 5.92 Å². The molecule has 6 nitrogen and oxygen atoms in total. The van der Waals surface area contributed by atoms with Crippen molar-refractivity contribution < 1.29 is 13.2 Å². The van der Waals surface area contributed by atoms with Crippen molar-refractivity contribution in [2.45, 2.75) is 33.1 Å². The van der Waals surface area contributed by atoms with Crippen LogP contribution in [0.25, 0.3) is 0 Å². The number of carbonyl (C=O) groups is 1. The summed E-state index contributed by atoms with van der Waals surface area (Å²) in [6.45, 7) is 4.05. The molecule has 1 fully saturated rings. The molecule has 1 heterocycles. The van der Waals surface area contributed by atoms with Crippen LogP contribution in [0.5, 0.6) is 0 Å². The van der Waals surface area contributed by atoms with Crippen LogP contribution in [-0.4, -0.2) is 30.9 Å². The van der Waals surface area contributed by atoms with Crippen molar-refractivity contribution in [3.63, 3.8) is 0 Å². The second kappa shape index (κ2) is 7.94. The lowest BCUT2D eigenvalue weighted by atomic mass is 10.1. The summed E-state index contributed by atoms with van der Waals surface area (Å²) >= 11 is 5.21. The first-order valence-corrected chi connectivity index (χ1v) is 10.2. The fraction of sp³-hybridized carbons (Fsp3) is 0.500. The molecule has 0 aromatic heterocycles. The van der Waals surface area contributed by atoms with Gasteiger partial charge in [-0.25, -0.2) is 8.42 Å². The lowest BCUT2D eigenvalue weighted by Gasteiger charge is -2.16. The standard InChI is InChI=1S/C16H23N3O3S2/c1-3-13-6-4-5-11(2)15(13)17-16(23)19-18-14(20)9-12-7-8-24(21,22)10-12/h4-6,12H,3,7-10H2,1-2H3,(H,18,20)(H2,17,19,23)/t12-/m0/s1. The number of hydrogen-bond donors (Lipinski definition) is 3. The quantitative estimate of drug-likeness (QED) is 0.553. The molecule has 0 saturated carbocycles. The zero-order valence-corrected chi connectivity index (χ0v) is 15.5. The van der Waals surface area contributed by atoms with Crippen molar-refractivity contribution in [1.29, 1.82) is 0 Å². The maximum Gasteiger partial charge on any atom is 0.238 e. The van der Waals surface area contributed by atoms with E-state index in [1.54, 1.807) is 0 Å². The van der Waals surface area contributed by atoms with Gasteiger partial charge in [0.15, 0.2) is 14.9 Å². The number of hydrazine groups is 1. The summed E-state index contributed by atoms with van der Waals surface area (Å²) in [6, 6.07) is 6.01. The van der Waals surface area contributed by atoms with Crippen LogP contribution in [0.2, 0.25) is 0 Å². The van der Waals surface area contributed by atoms with Crippen molar-refractivity contribution in [3.8, 4) is 0 Å². The first-order valence-electron chi connectivity index (χ1n) is 7.95. The van der Waals surface area contributed by atoms with E-state index < -0.39 is 9.84 Å². The number of amides is 1. The molecule has 2 rings (SSSR count). The summed E-state index contributed by atoms with van der Waals surface area (Å²) in [5.74, 6) is -0.111. The molecule has 1 atom stereocenters. The summed E-state index contributed by atoms with van der Waals surface area (Å²) in [5.41, 5.74) is 8.35. The average Bonchev–Trinajstić information content (AvgIpc) is 2.86. The number of nitrogens with one attached hydrogen (secondary N) is 3. The van der Waals surface area contributed by atoms with Crippen LogP contribution in [-0.2, 0) is 21.1 Å². The van der Waals surface area contributed by atoms with E-state index in [1.165, 1.54) is 0 Å². The molecule has 3 N–H and O–H groups in total. The molecular formula is C16H23N3O3S2. The summed E-state index contributed by atoms with van der Waals surface area (Å²) < 4.78 is 22.8. The second-order valence-electron chi connectivity index (χ2n) is 6.06. The predicted molar refractivity (Wildman–Crippen MR) is 99.4 cm³/mol. The molecule has 1 aliphatic rings. The van der Waals surface area contributed by atoms with Gasteiger partial charge in [0, 0.05) is 12.1 Å². The number of aryl methyl sites for hydroxylation is 2. The summed E-state index contributed by atoms with van der Waals surface area (Å²) in [5, 5.41) is 3.40. The fourth-order valence-corrected chi connectivity index (χ4v) is 4.83. The van der Waals surface area contributed by atoms with E-state index in [2.05, 4.69) is 23.1 Å². The van der Waals surface area contributed by atoms with Crippen LogP contribution in [0, 0.1) is 12.8 Å². The van der Waals surface area contributed by atoms with E-state index in [4.69, 9.17) is 12.2 Å². The molecule has 1 saturated heterocycles. The van der Waals surface area contributed by atoms with Crippen LogP contribution in [0.4, 0.5) is 5.69 Å². The topological polar surface area (TPSA) is 87.3 Å². The van der Waals surface area contributed by atoms with Crippen molar-refractivity contribution >= 4 is 38.8 Å². The monoisotopic (exact) mass is 369 g/mol. The highest BCUT2D eigenvalue weighted by molar-refractivity contribution is 7.91. The van der Waals surface area contributed by atoms with Gasteiger partial charge in [-0.3, -0.25) is 15.6 Å². The highest BCUT2D eigenvalue weighted by Crippen LogP contribution is 2.22. The van der Waals surface area contributed by atoms with Gasteiger partial charge in [-0.2, -0.15) is 0 Å². The third-order valence-electron chi connectivity index (χ3n) is 4.09. The third-order valence-corrected chi connectivity index (χ3v) is 6.14. The fourth-order valence-electron chi connectivity index (χ4n) is 2.82. The zero-order chi connectivity index (χ0) is 17.7. The Labute approximate surface area is 148 Å². The van der Waals surface area contributed by atoms with Crippen LogP contribution < -0.4 is 16.2 Å². The highest BCUT2D eigenvalue weighted by atomic mass is 32.2. The van der Waals surface area contributed by atoms with Crippen LogP contribution in [0.15, 0.2) is 18.2 Å². The minimum absolute atomic E-state index is 0.0895. The summed E-state index contributed by atoms with van der Waals surface area (Å²) in [7, 11) is -2.96. The van der Waals surface area contributed by atoms with E-state index in [0.29, 0.717) is 11.5 Å². The van der Waals surface area contributed by atoms with Gasteiger partial charge >= 0.3 is 0 Å². The predicted octanol–water partition coefficient (Wildman–Crippen LogP) is 1.70. The molecule has 24 heavy (non-hydrogen) atoms. The van der Waals surface area contributed by atoms with Gasteiger partial charge in [0.25, 0.3) is 0 Å². The Morgan fingerprint density at radius 2 is 2.08 bits per heavy atom. The van der Waals surface area contributed by atoms with Gasteiger partial charge in [0.1, 0.15) is 0 Å². The van der Waals surface area contributed by atoms with E-state index in [9.17, 15) is 13.2 Å². The van der Waals surface area contributed by atoms with Gasteiger partial charge in [-0.15, -0.1) is 0 Å². The number of benzene rings is 1. The van der Waals surface area contributed by atoms with Gasteiger partial charge in [0.05, 0.1) is 11.5 Å². The number of carbonyl (C=O) groups excluding carboxylic acids is 1. The molecule has 0 spiro atoms. The van der Waals surface area contributed by atoms with E-state index in [-0.39, 0.29) is 29.8 Å². The Balaban J connectivity index is 1.82. The van der Waals surface area contributed by atoms with E-state index in [0.717, 1.165) is 23.2 Å². The molecule has 1 aliphatic heterocycles. The molecular weight excluding hydrogens is 346 g/mol. The Hall–Kier alpha value is -1.67. The van der Waals surface area contributed by atoms with Crippen molar-refractivity contribution in [3.05, 3.63) is 29.3 Å². The second-order valence-corrected chi connectivity index (χ2v) is 8.70. The highest BCUT2D eigenvalue weighted by Gasteiger charge is 2.29. The van der Waals surface area contributed by atoms with Crippen LogP contribution >= 0.6 is 12.2 Å². The number of rotatable bonds is 4. The SMILES string of the molecule is CCc1cccc(C)c1NC(=S)NNC(=O)C[C@@H]1CCS(=O)(=O)C1. The lowest BCUT2D eigenvalue weighted by molar-refractivity contribution is -0.122. The van der Waals surface area contributed by atoms with Gasteiger partial charge < -0.3 is 5.32 Å². The summed E-state index contributed by atoms with van der Waals surface area (Å²) in [4.78, 5) is 11.9. The molecule has 1 aromatic rings. The molecule has 0 unspecified atom stereocenters. The molecule has 0 aliphatic carbocycles. The maximum atomic E-state index is 11.9. The normalized spacial score (nSPS) is 18.8. The number of thiocarbonyl (C=S) groups is 1. The minimum atomic E-state index is -2.96. The number of anilines is 1. The number of hydrogen-bond acceptors (Lipinski definition) is 4. The lowest BCUT2D eigenvalue weighted by Crippen LogP contribution is -2.44. The Kier molecular flexibility index (Phi) is 6.17. The molecule has 8 heteroatoms. The molecule has 1 aromatic carbocycles. The first kappa shape index (κ1) is 18.7. The first-order chi connectivity index (χ1) is 11.3. The average molecular weight is 370 g/mol. The Bertz CT molecular complexity index is 732. The van der Waals surface area contributed by atoms with Gasteiger partial charge in [-0.05, 0) is 49.0 Å². The zero-order valence-electron chi connectivity index (χ0n) is 13.9. The maximum absolute atomic E-state index is 11.9. The minimum Gasteiger partial charge on any atom is -0.331 e. The number of para-hydroxylation sites is 1. The Morgan fingerprint density at radius 3 is 2.71 bits per heavy atom. The van der Waals surface area contributed by atoms with Crippen LogP contribution in [0.1, 0.15) is 30.9 Å². The van der Waals surface area contributed by atoms with E-state index >= 15 is 0 Å². The smallest absolute Gasteiger partial charge is 0.238 e. The largest absolute Gasteiger partial charge is 0.331 e. The molecule has 1 amide bonds. The van der Waals surface area contributed by atoms with Crippen molar-refractivity contribution in [1.82, 2.24) is 10.9 Å². The van der Waals surface area contributed by atoms with Crippen molar-refractivity contribution in [2.75, 3.05) is 16.8 Å². The number of sulfone groups is 1. The molecule has 0 radical (unpaired) electrons.